The molecule has 1 aromatic carbocycles. The number of nitrogens with zero attached hydrogens (tertiary/aromatic N) is 2. The first-order chi connectivity index (χ1) is 11.6. The topological polar surface area (TPSA) is 67.6 Å². The van der Waals surface area contributed by atoms with E-state index in [9.17, 15) is 10.1 Å². The molecule has 2 heterocycles. The monoisotopic (exact) mass is 367 g/mol. The van der Waals surface area contributed by atoms with Crippen LogP contribution in [0.3, 0.4) is 0 Å². The van der Waals surface area contributed by atoms with Crippen molar-refractivity contribution in [3.8, 4) is 0 Å². The van der Waals surface area contributed by atoms with Crippen molar-refractivity contribution in [3.63, 3.8) is 0 Å². The summed E-state index contributed by atoms with van der Waals surface area (Å²) in [6.07, 6.45) is 0. The molecule has 1 atom stereocenters. The minimum atomic E-state index is -0.447. The average molecular weight is 368 g/mol. The molecular formula is C16H18ClN3O3S. The second-order valence-electron chi connectivity index (χ2n) is 5.48. The maximum Gasteiger partial charge on any atom is 0.271 e. The average Bonchev–Trinajstić information content (AvgIpc) is 3.11. The number of morpholine rings is 1. The molecule has 128 valence electrons. The van der Waals surface area contributed by atoms with Crippen molar-refractivity contribution in [2.24, 2.45) is 0 Å². The highest BCUT2D eigenvalue weighted by Crippen LogP contribution is 2.30. The molecule has 8 heteroatoms. The van der Waals surface area contributed by atoms with Gasteiger partial charge in [-0.1, -0.05) is 17.7 Å². The van der Waals surface area contributed by atoms with Crippen molar-refractivity contribution in [1.82, 2.24) is 4.90 Å². The number of benzene rings is 1. The van der Waals surface area contributed by atoms with Crippen molar-refractivity contribution >= 4 is 34.3 Å². The van der Waals surface area contributed by atoms with Crippen LogP contribution < -0.4 is 5.32 Å². The van der Waals surface area contributed by atoms with Gasteiger partial charge >= 0.3 is 0 Å². The third-order valence-electron chi connectivity index (χ3n) is 4.01. The van der Waals surface area contributed by atoms with Gasteiger partial charge in [0.2, 0.25) is 0 Å². The molecule has 0 radical (unpaired) electrons. The van der Waals surface area contributed by atoms with E-state index < -0.39 is 4.92 Å². The Kier molecular flexibility index (Phi) is 5.68. The second-order valence-corrected chi connectivity index (χ2v) is 6.87. The highest BCUT2D eigenvalue weighted by atomic mass is 35.5. The minimum Gasteiger partial charge on any atom is -0.382 e. The summed E-state index contributed by atoms with van der Waals surface area (Å²) in [5, 5.41) is 16.6. The van der Waals surface area contributed by atoms with Crippen LogP contribution in [0.2, 0.25) is 5.02 Å². The number of nitrogens with one attached hydrogen (secondary N) is 1. The van der Waals surface area contributed by atoms with Gasteiger partial charge in [-0.05, 0) is 17.5 Å². The normalized spacial score (nSPS) is 16.7. The van der Waals surface area contributed by atoms with Crippen LogP contribution in [0.1, 0.15) is 10.9 Å². The molecule has 1 aliphatic rings. The number of hydrogen-bond donors (Lipinski definition) is 1. The number of hydrogen-bond acceptors (Lipinski definition) is 6. The Hall–Kier alpha value is -1.67. The zero-order valence-electron chi connectivity index (χ0n) is 13.0. The largest absolute Gasteiger partial charge is 0.382 e. The Morgan fingerprint density at radius 3 is 2.79 bits per heavy atom. The molecule has 1 N–H and O–H groups in total. The lowest BCUT2D eigenvalue weighted by molar-refractivity contribution is -0.384. The Labute approximate surface area is 149 Å². The first kappa shape index (κ1) is 17.2. The van der Waals surface area contributed by atoms with E-state index in [4.69, 9.17) is 16.3 Å². The van der Waals surface area contributed by atoms with E-state index in [2.05, 4.69) is 21.7 Å². The van der Waals surface area contributed by atoms with E-state index in [1.807, 2.05) is 6.07 Å². The van der Waals surface area contributed by atoms with Gasteiger partial charge in [-0.15, -0.1) is 11.3 Å². The lowest BCUT2D eigenvalue weighted by Crippen LogP contribution is -2.41. The Balaban J connectivity index is 1.72. The van der Waals surface area contributed by atoms with Crippen LogP contribution in [0.5, 0.6) is 0 Å². The maximum absolute atomic E-state index is 10.8. The number of halogens is 1. The molecule has 0 saturated carbocycles. The van der Waals surface area contributed by atoms with Gasteiger partial charge < -0.3 is 10.1 Å². The standard InChI is InChI=1S/C16H18ClN3O3S/c17-13-10-12(20(21)22)3-4-14(13)18-11-15(16-2-1-9-24-16)19-5-7-23-8-6-19/h1-4,9-10,15,18H,5-8,11H2. The third-order valence-corrected chi connectivity index (χ3v) is 5.29. The zero-order chi connectivity index (χ0) is 16.9. The predicted molar refractivity (Wildman–Crippen MR) is 96.0 cm³/mol. The smallest absolute Gasteiger partial charge is 0.271 e. The number of ether oxygens (including phenoxy) is 1. The van der Waals surface area contributed by atoms with Crippen LogP contribution in [0, 0.1) is 10.1 Å². The number of thiophene rings is 1. The van der Waals surface area contributed by atoms with Gasteiger partial charge in [-0.25, -0.2) is 0 Å². The van der Waals surface area contributed by atoms with Crippen LogP contribution in [0.25, 0.3) is 0 Å². The molecular weight excluding hydrogens is 350 g/mol. The number of non-ortho nitro benzene ring substituents is 1. The summed E-state index contributed by atoms with van der Waals surface area (Å²) in [6.45, 7) is 3.93. The molecule has 1 unspecified atom stereocenters. The van der Waals surface area contributed by atoms with Gasteiger partial charge in [0.05, 0.1) is 34.9 Å². The summed E-state index contributed by atoms with van der Waals surface area (Å²) in [5.74, 6) is 0. The fourth-order valence-corrected chi connectivity index (χ4v) is 3.85. The first-order valence-electron chi connectivity index (χ1n) is 7.68. The molecule has 1 saturated heterocycles. The van der Waals surface area contributed by atoms with Gasteiger partial charge in [-0.2, -0.15) is 0 Å². The molecule has 0 amide bonds. The van der Waals surface area contributed by atoms with Crippen molar-refractivity contribution < 1.29 is 9.66 Å². The SMILES string of the molecule is O=[N+]([O-])c1ccc(NCC(c2cccs2)N2CCOCC2)c(Cl)c1. The quantitative estimate of drug-likeness (QED) is 0.621. The molecule has 1 aromatic heterocycles. The highest BCUT2D eigenvalue weighted by Gasteiger charge is 2.23. The van der Waals surface area contributed by atoms with Gasteiger partial charge in [-0.3, -0.25) is 15.0 Å². The molecule has 2 aromatic rings. The molecule has 1 fully saturated rings. The third kappa shape index (κ3) is 4.05. The van der Waals surface area contributed by atoms with Crippen LogP contribution in [-0.2, 0) is 4.74 Å². The van der Waals surface area contributed by atoms with Crippen LogP contribution in [0.15, 0.2) is 35.7 Å². The molecule has 0 aliphatic carbocycles. The summed E-state index contributed by atoms with van der Waals surface area (Å²) in [7, 11) is 0. The summed E-state index contributed by atoms with van der Waals surface area (Å²) in [6, 6.07) is 8.89. The maximum atomic E-state index is 10.8. The Bertz CT molecular complexity index is 690. The van der Waals surface area contributed by atoms with E-state index >= 15 is 0 Å². The molecule has 24 heavy (non-hydrogen) atoms. The summed E-state index contributed by atoms with van der Waals surface area (Å²) in [5.41, 5.74) is 0.700. The van der Waals surface area contributed by atoms with E-state index in [-0.39, 0.29) is 11.7 Å². The minimum absolute atomic E-state index is 0.00599. The van der Waals surface area contributed by atoms with Crippen molar-refractivity contribution in [2.75, 3.05) is 38.2 Å². The number of nitro groups is 1. The first-order valence-corrected chi connectivity index (χ1v) is 8.94. The predicted octanol–water partition coefficient (Wildman–Crippen LogP) is 3.80. The molecule has 0 bridgehead atoms. The van der Waals surface area contributed by atoms with Crippen molar-refractivity contribution in [1.29, 1.82) is 0 Å². The van der Waals surface area contributed by atoms with Crippen LogP contribution in [-0.4, -0.2) is 42.7 Å². The Morgan fingerprint density at radius 1 is 1.38 bits per heavy atom. The lowest BCUT2D eigenvalue weighted by atomic mass is 10.1. The molecule has 1 aliphatic heterocycles. The van der Waals surface area contributed by atoms with Gasteiger partial charge in [0, 0.05) is 36.6 Å². The Morgan fingerprint density at radius 2 is 2.17 bits per heavy atom. The number of rotatable bonds is 6. The highest BCUT2D eigenvalue weighted by molar-refractivity contribution is 7.10. The molecule has 3 rings (SSSR count). The number of nitro benzene ring substituents is 1. The fourth-order valence-electron chi connectivity index (χ4n) is 2.75. The number of anilines is 1. The van der Waals surface area contributed by atoms with Crippen molar-refractivity contribution in [2.45, 2.75) is 6.04 Å². The zero-order valence-corrected chi connectivity index (χ0v) is 14.6. The fraction of sp³-hybridized carbons (Fsp3) is 0.375. The summed E-state index contributed by atoms with van der Waals surface area (Å²) in [4.78, 5) is 14.0. The second kappa shape index (κ2) is 7.94. The van der Waals surface area contributed by atoms with E-state index in [1.54, 1.807) is 17.4 Å². The summed E-state index contributed by atoms with van der Waals surface area (Å²) < 4.78 is 5.44. The summed E-state index contributed by atoms with van der Waals surface area (Å²) >= 11 is 7.90. The van der Waals surface area contributed by atoms with Crippen LogP contribution in [0.4, 0.5) is 11.4 Å². The van der Waals surface area contributed by atoms with E-state index in [0.717, 1.165) is 26.3 Å². The van der Waals surface area contributed by atoms with Crippen molar-refractivity contribution in [3.05, 3.63) is 55.7 Å². The van der Waals surface area contributed by atoms with Crippen LogP contribution >= 0.6 is 22.9 Å². The lowest BCUT2D eigenvalue weighted by Gasteiger charge is -2.34. The van der Waals surface area contributed by atoms with E-state index in [0.29, 0.717) is 17.3 Å². The van der Waals surface area contributed by atoms with Gasteiger partial charge in [0.25, 0.3) is 5.69 Å². The van der Waals surface area contributed by atoms with Gasteiger partial charge in [0.1, 0.15) is 0 Å². The van der Waals surface area contributed by atoms with E-state index in [1.165, 1.54) is 17.0 Å². The van der Waals surface area contributed by atoms with Gasteiger partial charge in [0.15, 0.2) is 0 Å². The molecule has 0 spiro atoms. The molecule has 6 nitrogen and oxygen atoms in total.